The molecule has 1 saturated heterocycles. The zero-order valence-electron chi connectivity index (χ0n) is 12.1. The molecular weight excluding hydrogens is 238 g/mol. The van der Waals surface area contributed by atoms with Crippen molar-refractivity contribution in [2.45, 2.75) is 13.3 Å². The molecule has 0 saturated carbocycles. The Labute approximate surface area is 115 Å². The van der Waals surface area contributed by atoms with Crippen molar-refractivity contribution >= 4 is 11.6 Å². The average Bonchev–Trinajstić information content (AvgIpc) is 2.62. The predicted molar refractivity (Wildman–Crippen MR) is 78.7 cm³/mol. The van der Waals surface area contributed by atoms with Gasteiger partial charge in [0.25, 0.3) is 5.91 Å². The SMILES string of the molecule is CNc1ccc(C)cc1C(=O)N1CCCN(C)CC1. The van der Waals surface area contributed by atoms with Gasteiger partial charge in [0.05, 0.1) is 5.56 Å². The molecule has 0 spiro atoms. The molecule has 1 aliphatic heterocycles. The van der Waals surface area contributed by atoms with Gasteiger partial charge >= 0.3 is 0 Å². The van der Waals surface area contributed by atoms with Gasteiger partial charge in [-0.1, -0.05) is 11.6 Å². The predicted octanol–water partition coefficient (Wildman–Crippen LogP) is 1.81. The Morgan fingerprint density at radius 2 is 2.00 bits per heavy atom. The van der Waals surface area contributed by atoms with Gasteiger partial charge in [-0.15, -0.1) is 0 Å². The van der Waals surface area contributed by atoms with Crippen LogP contribution in [0.15, 0.2) is 18.2 Å². The number of benzene rings is 1. The third kappa shape index (κ3) is 3.26. The molecule has 1 aromatic carbocycles. The van der Waals surface area contributed by atoms with Crippen LogP contribution in [0.3, 0.4) is 0 Å². The summed E-state index contributed by atoms with van der Waals surface area (Å²) in [6, 6.07) is 5.98. The molecule has 0 bridgehead atoms. The van der Waals surface area contributed by atoms with Gasteiger partial charge in [-0.05, 0) is 39.1 Å². The number of likely N-dealkylation sites (N-methyl/N-ethyl adjacent to an activating group) is 1. The van der Waals surface area contributed by atoms with Crippen LogP contribution in [0.4, 0.5) is 5.69 Å². The van der Waals surface area contributed by atoms with E-state index < -0.39 is 0 Å². The standard InChI is InChI=1S/C15H23N3O/c1-12-5-6-14(16-2)13(11-12)15(19)18-8-4-7-17(3)9-10-18/h5-6,11,16H,4,7-10H2,1-3H3. The molecule has 104 valence electrons. The van der Waals surface area contributed by atoms with Crippen LogP contribution in [0.25, 0.3) is 0 Å². The molecule has 1 N–H and O–H groups in total. The normalized spacial score (nSPS) is 17.1. The Kier molecular flexibility index (Phi) is 4.43. The number of aryl methyl sites for hydroxylation is 1. The highest BCUT2D eigenvalue weighted by Crippen LogP contribution is 2.19. The second kappa shape index (κ2) is 6.06. The molecule has 0 radical (unpaired) electrons. The number of carbonyl (C=O) groups is 1. The van der Waals surface area contributed by atoms with Crippen LogP contribution in [-0.4, -0.2) is 56.0 Å². The van der Waals surface area contributed by atoms with Gasteiger partial charge in [0, 0.05) is 32.4 Å². The largest absolute Gasteiger partial charge is 0.387 e. The summed E-state index contributed by atoms with van der Waals surface area (Å²) in [6.45, 7) is 5.70. The third-order valence-corrected chi connectivity index (χ3v) is 3.68. The zero-order chi connectivity index (χ0) is 13.8. The van der Waals surface area contributed by atoms with Crippen LogP contribution >= 0.6 is 0 Å². The summed E-state index contributed by atoms with van der Waals surface area (Å²) in [5, 5.41) is 3.11. The van der Waals surface area contributed by atoms with E-state index in [-0.39, 0.29) is 5.91 Å². The molecule has 1 aromatic rings. The first-order chi connectivity index (χ1) is 9.11. The van der Waals surface area contributed by atoms with Crippen LogP contribution < -0.4 is 5.32 Å². The number of hydrogen-bond donors (Lipinski definition) is 1. The van der Waals surface area contributed by atoms with Crippen molar-refractivity contribution in [3.8, 4) is 0 Å². The van der Waals surface area contributed by atoms with Crippen molar-refractivity contribution in [1.82, 2.24) is 9.80 Å². The summed E-state index contributed by atoms with van der Waals surface area (Å²) in [7, 11) is 3.97. The second-order valence-electron chi connectivity index (χ2n) is 5.25. The minimum atomic E-state index is 0.142. The van der Waals surface area contributed by atoms with E-state index in [9.17, 15) is 4.79 Å². The van der Waals surface area contributed by atoms with Crippen molar-refractivity contribution in [1.29, 1.82) is 0 Å². The lowest BCUT2D eigenvalue weighted by Gasteiger charge is -2.22. The number of rotatable bonds is 2. The minimum absolute atomic E-state index is 0.142. The van der Waals surface area contributed by atoms with Gasteiger partial charge < -0.3 is 15.1 Å². The molecule has 4 heteroatoms. The van der Waals surface area contributed by atoms with Crippen LogP contribution in [0.5, 0.6) is 0 Å². The molecule has 1 fully saturated rings. The van der Waals surface area contributed by atoms with E-state index in [1.807, 2.05) is 37.1 Å². The van der Waals surface area contributed by atoms with Gasteiger partial charge in [-0.2, -0.15) is 0 Å². The Morgan fingerprint density at radius 1 is 1.21 bits per heavy atom. The summed E-state index contributed by atoms with van der Waals surface area (Å²) < 4.78 is 0. The smallest absolute Gasteiger partial charge is 0.256 e. The molecule has 19 heavy (non-hydrogen) atoms. The molecule has 0 aliphatic carbocycles. The number of anilines is 1. The van der Waals surface area contributed by atoms with E-state index in [1.54, 1.807) is 0 Å². The maximum atomic E-state index is 12.7. The highest BCUT2D eigenvalue weighted by Gasteiger charge is 2.21. The molecule has 2 rings (SSSR count). The Morgan fingerprint density at radius 3 is 2.74 bits per heavy atom. The molecule has 0 atom stereocenters. The fourth-order valence-corrected chi connectivity index (χ4v) is 2.47. The minimum Gasteiger partial charge on any atom is -0.387 e. The van der Waals surface area contributed by atoms with Gasteiger partial charge in [0.1, 0.15) is 0 Å². The summed E-state index contributed by atoms with van der Waals surface area (Å²) in [4.78, 5) is 16.9. The zero-order valence-corrected chi connectivity index (χ0v) is 12.1. The third-order valence-electron chi connectivity index (χ3n) is 3.68. The van der Waals surface area contributed by atoms with E-state index in [2.05, 4.69) is 17.3 Å². The molecule has 1 amide bonds. The highest BCUT2D eigenvalue weighted by molar-refractivity contribution is 5.99. The quantitative estimate of drug-likeness (QED) is 0.882. The molecule has 0 unspecified atom stereocenters. The summed E-state index contributed by atoms with van der Waals surface area (Å²) in [5.74, 6) is 0.142. The topological polar surface area (TPSA) is 35.6 Å². The van der Waals surface area contributed by atoms with Crippen molar-refractivity contribution < 1.29 is 4.79 Å². The van der Waals surface area contributed by atoms with E-state index in [0.717, 1.165) is 49.4 Å². The Bertz CT molecular complexity index is 459. The van der Waals surface area contributed by atoms with Crippen molar-refractivity contribution in [2.75, 3.05) is 45.6 Å². The number of amides is 1. The number of nitrogens with zero attached hydrogens (tertiary/aromatic N) is 2. The second-order valence-corrected chi connectivity index (χ2v) is 5.25. The fraction of sp³-hybridized carbons (Fsp3) is 0.533. The first kappa shape index (κ1) is 13.9. The fourth-order valence-electron chi connectivity index (χ4n) is 2.47. The molecule has 1 heterocycles. The lowest BCUT2D eigenvalue weighted by atomic mass is 10.1. The summed E-state index contributed by atoms with van der Waals surface area (Å²) in [6.07, 6.45) is 1.04. The highest BCUT2D eigenvalue weighted by atomic mass is 16.2. The van der Waals surface area contributed by atoms with Crippen LogP contribution in [0.1, 0.15) is 22.3 Å². The van der Waals surface area contributed by atoms with Crippen LogP contribution in [-0.2, 0) is 0 Å². The number of nitrogens with one attached hydrogen (secondary N) is 1. The van der Waals surface area contributed by atoms with Gasteiger partial charge in [-0.3, -0.25) is 4.79 Å². The van der Waals surface area contributed by atoms with Gasteiger partial charge in [0.15, 0.2) is 0 Å². The molecular formula is C15H23N3O. The van der Waals surface area contributed by atoms with E-state index >= 15 is 0 Å². The van der Waals surface area contributed by atoms with Gasteiger partial charge in [-0.25, -0.2) is 0 Å². The molecule has 0 aromatic heterocycles. The van der Waals surface area contributed by atoms with E-state index in [0.29, 0.717) is 0 Å². The molecule has 1 aliphatic rings. The monoisotopic (exact) mass is 261 g/mol. The number of carbonyl (C=O) groups excluding carboxylic acids is 1. The Hall–Kier alpha value is -1.55. The van der Waals surface area contributed by atoms with E-state index in [1.165, 1.54) is 0 Å². The maximum Gasteiger partial charge on any atom is 0.256 e. The summed E-state index contributed by atoms with van der Waals surface area (Å²) in [5.41, 5.74) is 2.81. The lowest BCUT2D eigenvalue weighted by Crippen LogP contribution is -2.34. The first-order valence-electron chi connectivity index (χ1n) is 6.88. The van der Waals surface area contributed by atoms with Crippen molar-refractivity contribution in [3.63, 3.8) is 0 Å². The molecule has 4 nitrogen and oxygen atoms in total. The Balaban J connectivity index is 2.21. The van der Waals surface area contributed by atoms with E-state index in [4.69, 9.17) is 0 Å². The van der Waals surface area contributed by atoms with Crippen LogP contribution in [0.2, 0.25) is 0 Å². The summed E-state index contributed by atoms with van der Waals surface area (Å²) >= 11 is 0. The lowest BCUT2D eigenvalue weighted by molar-refractivity contribution is 0.0763. The van der Waals surface area contributed by atoms with Gasteiger partial charge in [0.2, 0.25) is 0 Å². The first-order valence-corrected chi connectivity index (χ1v) is 6.88. The van der Waals surface area contributed by atoms with Crippen molar-refractivity contribution in [2.24, 2.45) is 0 Å². The maximum absolute atomic E-state index is 12.7. The number of hydrogen-bond acceptors (Lipinski definition) is 3. The van der Waals surface area contributed by atoms with Crippen LogP contribution in [0, 0.1) is 6.92 Å². The average molecular weight is 261 g/mol. The van der Waals surface area contributed by atoms with Crippen molar-refractivity contribution in [3.05, 3.63) is 29.3 Å².